The van der Waals surface area contributed by atoms with Gasteiger partial charge in [-0.25, -0.2) is 4.79 Å². The average Bonchev–Trinajstić information content (AvgIpc) is 1.67. The number of nitrogens with zero attached hydrogens (tertiary/aromatic N) is 2. The number of fused-ring (bicyclic) bond motifs is 1. The van der Waals surface area contributed by atoms with Gasteiger partial charge in [0.25, 0.3) is 0 Å². The minimum absolute atomic E-state index is 0.000962. The predicted molar refractivity (Wildman–Crippen MR) is 436 cm³/mol. The van der Waals surface area contributed by atoms with Crippen LogP contribution in [-0.4, -0.2) is 262 Å². The van der Waals surface area contributed by atoms with Gasteiger partial charge in [-0.15, -0.1) is 0 Å². The molecule has 1 aromatic heterocycles. The standard InChI is InChI=1S/C80H105N17O23S/c1-42(2)33-55(70(110)88-54(27-29-65(103)104)77(117)96-31-9-16-62(96)75(115)92-58(37-46-39-85-51-14-7-6-13-49(46)51)78(118)97-32-10-17-63(97)76(116)93-59(79(119)120)38-66(105)106)89-74(114)61(41-121)95-73(113)60(40-98)94-69(109)53(26-28-64(101)102)87-71(111)56(35-44-18-22-47(99)23-19-44)91-72(112)57(36-45-20-24-48(100)25-21-45)90-68(108)52(15-8-30-84-80(82)83)86-67(107)50(81)34-43-11-4-3-5-12-43/h3-7,11-14,18-25,39,42,50,52-63,85,98-100,121H,8-10,15-17,26-38,40-41,81H2,1-2H3,(H,86,107)(H,87,111)(H,88,110)(H,89,114)(H,90,108)(H,91,112)(H,92,115)(H,93,116)(H,94,109)(H,95,113)(H,101,102)(H,103,104)(H,105,106)(H,119,120)(H4,82,83,84)/t50-,52-,53-,54-,55-,56-,57-,58-,59-,60-,61-,62-,63-/m0/s1. The van der Waals surface area contributed by atoms with Gasteiger partial charge in [0, 0.05) is 74.6 Å². The van der Waals surface area contributed by atoms with Gasteiger partial charge < -0.3 is 120 Å². The number of carbonyl (C=O) groups is 16. The number of carboxylic acids is 4. The number of H-pyrrole nitrogens is 1. The molecule has 12 amide bonds. The molecule has 2 aliphatic rings. The van der Waals surface area contributed by atoms with Gasteiger partial charge in [-0.05, 0) is 123 Å². The molecule has 41 heteroatoms. The number of aromatic hydroxyl groups is 2. The van der Waals surface area contributed by atoms with E-state index in [-0.39, 0.29) is 101 Å². The molecule has 5 aromatic rings. The van der Waals surface area contributed by atoms with E-state index in [0.717, 1.165) is 9.80 Å². The number of likely N-dealkylation sites (tertiary alicyclic amines) is 2. The van der Waals surface area contributed by atoms with Gasteiger partial charge in [-0.1, -0.05) is 86.6 Å². The summed E-state index contributed by atoms with van der Waals surface area (Å²) >= 11 is 4.25. The van der Waals surface area contributed by atoms with Gasteiger partial charge >= 0.3 is 23.9 Å². The summed E-state index contributed by atoms with van der Waals surface area (Å²) in [7, 11) is 0. The topological polar surface area (TPSA) is 645 Å². The number of benzene rings is 4. The Morgan fingerprint density at radius 2 is 0.917 bits per heavy atom. The van der Waals surface area contributed by atoms with E-state index in [9.17, 15) is 112 Å². The lowest BCUT2D eigenvalue weighted by Gasteiger charge is -2.32. The molecule has 654 valence electrons. The fourth-order valence-electron chi connectivity index (χ4n) is 13.9. The highest BCUT2D eigenvalue weighted by atomic mass is 32.1. The SMILES string of the molecule is CC(C)C[C@H](NC(=O)[C@H](CS)NC(=O)[C@H](CO)NC(=O)[C@H](CCC(=O)O)NC(=O)[C@H](Cc1ccc(O)cc1)NC(=O)[C@H](Cc1ccc(O)cc1)NC(=O)[C@H](CCCNC(=N)N)NC(=O)[C@@H](N)Cc1ccccc1)C(=O)N[C@@H](CCC(=O)O)C(=O)N1CCC[C@H]1C(=O)N[C@@H](Cc1c[nH]c2ccccc12)C(=O)N1CCC[C@H]1C(=O)N[C@@H](CC(=O)O)C(=O)O. The van der Waals surface area contributed by atoms with Crippen LogP contribution in [0.4, 0.5) is 0 Å². The summed E-state index contributed by atoms with van der Waals surface area (Å²) in [4.78, 5) is 226. The van der Waals surface area contributed by atoms with E-state index in [2.05, 4.69) is 76.1 Å². The number of amides is 12. The summed E-state index contributed by atoms with van der Waals surface area (Å²) in [6.45, 7) is 2.05. The van der Waals surface area contributed by atoms with Crippen LogP contribution in [0.3, 0.4) is 0 Å². The zero-order chi connectivity index (χ0) is 88.7. The molecule has 0 unspecified atom stereocenters. The first-order valence-corrected chi connectivity index (χ1v) is 39.9. The Hall–Kier alpha value is -12.9. The number of aromatic nitrogens is 1. The third-order valence-corrected chi connectivity index (χ3v) is 20.5. The smallest absolute Gasteiger partial charge is 0.326 e. The molecule has 3 heterocycles. The third-order valence-electron chi connectivity index (χ3n) is 20.2. The molecule has 0 bridgehead atoms. The Bertz CT molecular complexity index is 4520. The highest BCUT2D eigenvalue weighted by molar-refractivity contribution is 7.80. The second kappa shape index (κ2) is 46.4. The van der Waals surface area contributed by atoms with E-state index >= 15 is 0 Å². The maximum absolute atomic E-state index is 14.9. The summed E-state index contributed by atoms with van der Waals surface area (Å²) < 4.78 is 0. The number of hydrogen-bond donors (Lipinski definition) is 23. The molecule has 4 aromatic carbocycles. The number of nitrogens with one attached hydrogen (secondary N) is 13. The van der Waals surface area contributed by atoms with Crippen LogP contribution in [0.15, 0.2) is 109 Å². The fraction of sp³-hybridized carbons (Fsp3) is 0.463. The molecule has 0 radical (unpaired) electrons. The summed E-state index contributed by atoms with van der Waals surface area (Å²) in [5.74, 6) is -19.8. The molecule has 121 heavy (non-hydrogen) atoms. The van der Waals surface area contributed by atoms with Crippen LogP contribution < -0.4 is 70.0 Å². The van der Waals surface area contributed by atoms with Crippen LogP contribution in [0.2, 0.25) is 0 Å². The van der Waals surface area contributed by atoms with Crippen LogP contribution >= 0.6 is 12.6 Å². The number of aromatic amines is 1. The number of rotatable bonds is 47. The second-order valence-corrected chi connectivity index (χ2v) is 30.2. The number of aliphatic hydroxyl groups is 1. The Balaban J connectivity index is 1.06. The van der Waals surface area contributed by atoms with Crippen LogP contribution in [0.5, 0.6) is 11.5 Å². The van der Waals surface area contributed by atoms with E-state index < -0.39 is 230 Å². The number of guanidine groups is 1. The molecule has 13 atom stereocenters. The number of thiol groups is 1. The van der Waals surface area contributed by atoms with E-state index in [1.165, 1.54) is 48.5 Å². The van der Waals surface area contributed by atoms with Gasteiger partial charge in [0.2, 0.25) is 70.9 Å². The zero-order valence-corrected chi connectivity index (χ0v) is 67.4. The molecule has 0 spiro atoms. The van der Waals surface area contributed by atoms with Crippen LogP contribution in [0.25, 0.3) is 10.9 Å². The van der Waals surface area contributed by atoms with Crippen molar-refractivity contribution in [1.82, 2.24) is 73.3 Å². The Morgan fingerprint density at radius 1 is 0.488 bits per heavy atom. The lowest BCUT2D eigenvalue weighted by molar-refractivity contribution is -0.148. The minimum Gasteiger partial charge on any atom is -0.508 e. The number of aliphatic hydroxyl groups excluding tert-OH is 1. The fourth-order valence-corrected chi connectivity index (χ4v) is 14.1. The van der Waals surface area contributed by atoms with Crippen molar-refractivity contribution in [3.63, 3.8) is 0 Å². The van der Waals surface area contributed by atoms with Crippen molar-refractivity contribution in [2.24, 2.45) is 17.4 Å². The van der Waals surface area contributed by atoms with Crippen molar-refractivity contribution in [3.05, 3.63) is 132 Å². The Morgan fingerprint density at radius 3 is 1.43 bits per heavy atom. The number of hydrogen-bond acceptors (Lipinski definition) is 22. The van der Waals surface area contributed by atoms with E-state index in [1.54, 1.807) is 74.6 Å². The molecule has 2 saturated heterocycles. The quantitative estimate of drug-likeness (QED) is 0.00830. The number of para-hydroxylation sites is 1. The average molecular weight is 1700 g/mol. The maximum Gasteiger partial charge on any atom is 0.326 e. The molecule has 0 aliphatic carbocycles. The van der Waals surface area contributed by atoms with Crippen molar-refractivity contribution >= 4 is 124 Å². The maximum atomic E-state index is 14.9. The Kier molecular flexibility index (Phi) is 36.5. The largest absolute Gasteiger partial charge is 0.508 e. The number of carboxylic acid groups (broad SMARTS) is 4. The van der Waals surface area contributed by atoms with E-state index in [0.29, 0.717) is 33.2 Å². The van der Waals surface area contributed by atoms with E-state index in [4.69, 9.17) is 16.9 Å². The molecule has 7 rings (SSSR count). The van der Waals surface area contributed by atoms with Crippen LogP contribution in [0.1, 0.15) is 113 Å². The zero-order valence-electron chi connectivity index (χ0n) is 66.5. The van der Waals surface area contributed by atoms with Crippen molar-refractivity contribution in [2.45, 2.75) is 195 Å². The first-order valence-electron chi connectivity index (χ1n) is 39.3. The molecular formula is C80H105N17O23S. The molecule has 2 aliphatic heterocycles. The van der Waals surface area contributed by atoms with Crippen molar-refractivity contribution in [1.29, 1.82) is 5.41 Å². The molecule has 0 saturated carbocycles. The van der Waals surface area contributed by atoms with Gasteiger partial charge in [-0.2, -0.15) is 12.6 Å². The predicted octanol–water partition coefficient (Wildman–Crippen LogP) is -2.47. The normalized spacial score (nSPS) is 16.4. The lowest BCUT2D eigenvalue weighted by atomic mass is 10.0. The summed E-state index contributed by atoms with van der Waals surface area (Å²) in [5, 5.41) is 105. The monoisotopic (exact) mass is 1700 g/mol. The van der Waals surface area contributed by atoms with Crippen molar-refractivity contribution in [3.8, 4) is 11.5 Å². The molecule has 40 nitrogen and oxygen atoms in total. The summed E-state index contributed by atoms with van der Waals surface area (Å²) in [6, 6.07) is 5.92. The number of nitrogens with two attached hydrogens (primary N) is 2. The summed E-state index contributed by atoms with van der Waals surface area (Å²) in [6.07, 6.45) is -2.61. The van der Waals surface area contributed by atoms with E-state index in [1.807, 2.05) is 0 Å². The first kappa shape index (κ1) is 95.2. The highest BCUT2D eigenvalue weighted by Crippen LogP contribution is 2.27. The third kappa shape index (κ3) is 29.5. The number of carbonyl (C=O) groups excluding carboxylic acids is 12. The molecule has 24 N–H and O–H groups in total. The van der Waals surface area contributed by atoms with Gasteiger partial charge in [-0.3, -0.25) is 77.3 Å². The number of phenolic OH excluding ortho intramolecular Hbond substituents is 2. The van der Waals surface area contributed by atoms with Crippen LogP contribution in [0, 0.1) is 11.3 Å². The number of phenols is 2. The van der Waals surface area contributed by atoms with Gasteiger partial charge in [0.05, 0.1) is 19.1 Å². The molecule has 2 fully saturated rings. The minimum atomic E-state index is -2.00. The lowest BCUT2D eigenvalue weighted by Crippen LogP contribution is -2.61. The van der Waals surface area contributed by atoms with Gasteiger partial charge in [0.15, 0.2) is 5.96 Å². The van der Waals surface area contributed by atoms with Crippen molar-refractivity contribution < 1.29 is 112 Å². The van der Waals surface area contributed by atoms with Crippen LogP contribution in [-0.2, 0) is 102 Å². The Labute approximate surface area is 699 Å². The van der Waals surface area contributed by atoms with Gasteiger partial charge in [0.1, 0.15) is 84.0 Å². The first-order chi connectivity index (χ1) is 57.5. The highest BCUT2D eigenvalue weighted by Gasteiger charge is 2.44. The van der Waals surface area contributed by atoms with Crippen molar-refractivity contribution in [2.75, 3.05) is 32.0 Å². The second-order valence-electron chi connectivity index (χ2n) is 29.9. The summed E-state index contributed by atoms with van der Waals surface area (Å²) in [5.41, 5.74) is 14.4. The number of aliphatic carboxylic acids is 4. The molecular weight excluding hydrogens is 1600 g/mol.